The van der Waals surface area contributed by atoms with E-state index in [-0.39, 0.29) is 17.7 Å². The number of rotatable bonds is 4. The van der Waals surface area contributed by atoms with Crippen LogP contribution in [0.4, 0.5) is 5.69 Å². The van der Waals surface area contributed by atoms with Gasteiger partial charge in [-0.3, -0.25) is 10.2 Å². The molecule has 1 amide bonds. The third kappa shape index (κ3) is 4.82. The first kappa shape index (κ1) is 16.5. The van der Waals surface area contributed by atoms with Crippen molar-refractivity contribution in [1.82, 2.24) is 5.32 Å². The molecule has 0 bridgehead atoms. The molecule has 0 aromatic heterocycles. The van der Waals surface area contributed by atoms with Gasteiger partial charge in [-0.05, 0) is 25.0 Å². The fraction of sp³-hybridized carbons (Fsp3) is 0.412. The van der Waals surface area contributed by atoms with Crippen LogP contribution in [-0.2, 0) is 0 Å². The van der Waals surface area contributed by atoms with Crippen LogP contribution in [0.25, 0.3) is 0 Å². The number of amides is 1. The lowest BCUT2D eigenvalue weighted by Gasteiger charge is -2.17. The first-order valence-corrected chi connectivity index (χ1v) is 7.78. The average molecular weight is 309 g/mol. The van der Waals surface area contributed by atoms with Crippen LogP contribution in [0.15, 0.2) is 29.4 Å². The Morgan fingerprint density at radius 3 is 2.39 bits per heavy atom. The van der Waals surface area contributed by atoms with Gasteiger partial charge in [0, 0.05) is 6.04 Å². The van der Waals surface area contributed by atoms with Crippen LogP contribution < -0.4 is 10.7 Å². The predicted molar refractivity (Wildman–Crippen MR) is 87.7 cm³/mol. The van der Waals surface area contributed by atoms with E-state index >= 15 is 0 Å². The third-order valence-electron chi connectivity index (χ3n) is 3.86. The molecule has 0 aliphatic heterocycles. The van der Waals surface area contributed by atoms with Crippen LogP contribution >= 0.6 is 0 Å². The van der Waals surface area contributed by atoms with Gasteiger partial charge in [0.05, 0.1) is 11.3 Å². The third-order valence-corrected chi connectivity index (χ3v) is 3.86. The lowest BCUT2D eigenvalue weighted by molar-refractivity contribution is 0.0934. The summed E-state index contributed by atoms with van der Waals surface area (Å²) in [7, 11) is 0. The molecule has 2 N–H and O–H groups in total. The van der Waals surface area contributed by atoms with E-state index in [1.807, 2.05) is 0 Å². The molecule has 0 radical (unpaired) electrons. The zero-order valence-corrected chi connectivity index (χ0v) is 12.9. The molecular formula is C17H19N5O. The van der Waals surface area contributed by atoms with Crippen molar-refractivity contribution >= 4 is 17.3 Å². The average Bonchev–Trinajstić information content (AvgIpc) is 2.85. The molecule has 1 aromatic carbocycles. The van der Waals surface area contributed by atoms with E-state index in [4.69, 9.17) is 10.5 Å². The molecule has 6 heteroatoms. The van der Waals surface area contributed by atoms with Gasteiger partial charge in [-0.15, -0.1) is 0 Å². The fourth-order valence-corrected chi connectivity index (χ4v) is 2.66. The number of nitrogens with zero attached hydrogens (tertiary/aromatic N) is 3. The van der Waals surface area contributed by atoms with Crippen molar-refractivity contribution in [2.45, 2.75) is 44.6 Å². The van der Waals surface area contributed by atoms with Crippen molar-refractivity contribution in [2.24, 2.45) is 5.10 Å². The summed E-state index contributed by atoms with van der Waals surface area (Å²) in [4.78, 5) is 12.5. The van der Waals surface area contributed by atoms with E-state index in [9.17, 15) is 4.79 Å². The van der Waals surface area contributed by atoms with Gasteiger partial charge in [-0.25, -0.2) is 0 Å². The highest BCUT2D eigenvalue weighted by Crippen LogP contribution is 2.19. The zero-order valence-electron chi connectivity index (χ0n) is 12.9. The van der Waals surface area contributed by atoms with Crippen LogP contribution in [0, 0.1) is 22.7 Å². The van der Waals surface area contributed by atoms with Gasteiger partial charge < -0.3 is 5.32 Å². The molecule has 23 heavy (non-hydrogen) atoms. The largest absolute Gasteiger partial charge is 0.349 e. The summed E-state index contributed by atoms with van der Waals surface area (Å²) in [6.07, 6.45) is 6.75. The number of hydrogen-bond acceptors (Lipinski definition) is 5. The zero-order chi connectivity index (χ0) is 16.5. The van der Waals surface area contributed by atoms with Crippen molar-refractivity contribution < 1.29 is 4.79 Å². The van der Waals surface area contributed by atoms with Crippen LogP contribution in [-0.4, -0.2) is 17.7 Å². The molecular weight excluding hydrogens is 290 g/mol. The number of anilines is 1. The van der Waals surface area contributed by atoms with E-state index < -0.39 is 0 Å². The maximum Gasteiger partial charge on any atom is 0.253 e. The molecule has 1 aliphatic carbocycles. The van der Waals surface area contributed by atoms with Crippen LogP contribution in [0.1, 0.15) is 48.9 Å². The van der Waals surface area contributed by atoms with Gasteiger partial charge >= 0.3 is 0 Å². The Labute approximate surface area is 135 Å². The number of carbonyl (C=O) groups is 1. The maximum absolute atomic E-state index is 12.5. The van der Waals surface area contributed by atoms with Crippen LogP contribution in [0.3, 0.4) is 0 Å². The van der Waals surface area contributed by atoms with E-state index in [0.29, 0.717) is 11.3 Å². The number of hydrogen-bond donors (Lipinski definition) is 2. The van der Waals surface area contributed by atoms with Crippen molar-refractivity contribution in [3.63, 3.8) is 0 Å². The van der Waals surface area contributed by atoms with Crippen LogP contribution in [0.2, 0.25) is 0 Å². The topological polar surface area (TPSA) is 101 Å². The monoisotopic (exact) mass is 309 g/mol. The van der Waals surface area contributed by atoms with Gasteiger partial charge in [0.1, 0.15) is 12.1 Å². The SMILES string of the molecule is N#CC(C#N)=NNc1ccccc1C(=O)NC1CCCCCC1. The lowest BCUT2D eigenvalue weighted by atomic mass is 10.1. The Kier molecular flexibility index (Phi) is 6.14. The van der Waals surface area contributed by atoms with Gasteiger partial charge in [0.25, 0.3) is 5.91 Å². The molecule has 0 unspecified atom stereocenters. The van der Waals surface area contributed by atoms with Crippen LogP contribution in [0.5, 0.6) is 0 Å². The first-order valence-electron chi connectivity index (χ1n) is 7.78. The van der Waals surface area contributed by atoms with Crippen molar-refractivity contribution in [1.29, 1.82) is 10.5 Å². The highest BCUT2D eigenvalue weighted by atomic mass is 16.1. The van der Waals surface area contributed by atoms with Gasteiger partial charge in [-0.1, -0.05) is 37.8 Å². The van der Waals surface area contributed by atoms with E-state index in [0.717, 1.165) is 25.7 Å². The van der Waals surface area contributed by atoms with Crippen molar-refractivity contribution in [3.8, 4) is 12.1 Å². The van der Waals surface area contributed by atoms with E-state index in [2.05, 4.69) is 15.8 Å². The molecule has 0 spiro atoms. The molecule has 1 aliphatic rings. The summed E-state index contributed by atoms with van der Waals surface area (Å²) in [5.74, 6) is -0.161. The molecule has 0 heterocycles. The number of carbonyl (C=O) groups excluding carboxylic acids is 1. The first-order chi connectivity index (χ1) is 11.2. The second kappa shape index (κ2) is 8.55. The summed E-state index contributed by atoms with van der Waals surface area (Å²) in [6, 6.07) is 10.5. The van der Waals surface area contributed by atoms with Crippen molar-refractivity contribution in [2.75, 3.05) is 5.43 Å². The minimum absolute atomic E-state index is 0.161. The molecule has 0 atom stereocenters. The molecule has 6 nitrogen and oxygen atoms in total. The molecule has 1 fully saturated rings. The lowest BCUT2D eigenvalue weighted by Crippen LogP contribution is -2.34. The maximum atomic E-state index is 12.5. The Morgan fingerprint density at radius 2 is 1.74 bits per heavy atom. The number of hydrazone groups is 1. The Balaban J connectivity index is 2.10. The van der Waals surface area contributed by atoms with Crippen molar-refractivity contribution in [3.05, 3.63) is 29.8 Å². The fourth-order valence-electron chi connectivity index (χ4n) is 2.66. The van der Waals surface area contributed by atoms with Gasteiger partial charge in [0.2, 0.25) is 5.71 Å². The predicted octanol–water partition coefficient (Wildman–Crippen LogP) is 2.95. The standard InChI is InChI=1S/C17H19N5O/c18-11-14(12-19)21-22-16-10-6-5-9-15(16)17(23)20-13-7-3-1-2-4-8-13/h5-6,9-10,13,22H,1-4,7-8H2,(H,20,23). The normalized spacial score (nSPS) is 14.7. The number of para-hydroxylation sites is 1. The minimum Gasteiger partial charge on any atom is -0.349 e. The Hall–Kier alpha value is -2.86. The highest BCUT2D eigenvalue weighted by Gasteiger charge is 2.17. The quantitative estimate of drug-likeness (QED) is 0.507. The van der Waals surface area contributed by atoms with E-state index in [1.54, 1.807) is 36.4 Å². The molecule has 0 saturated heterocycles. The van der Waals surface area contributed by atoms with Gasteiger partial charge in [0.15, 0.2) is 0 Å². The minimum atomic E-state index is -0.288. The molecule has 1 aromatic rings. The second-order valence-corrected chi connectivity index (χ2v) is 5.50. The second-order valence-electron chi connectivity index (χ2n) is 5.50. The summed E-state index contributed by atoms with van der Waals surface area (Å²) < 4.78 is 0. The Morgan fingerprint density at radius 1 is 1.09 bits per heavy atom. The molecule has 1 saturated carbocycles. The van der Waals surface area contributed by atoms with Gasteiger partial charge in [-0.2, -0.15) is 15.6 Å². The summed E-state index contributed by atoms with van der Waals surface area (Å²) in [5, 5.41) is 24.2. The number of nitrogens with one attached hydrogen (secondary N) is 2. The Bertz CT molecular complexity index is 644. The number of nitriles is 2. The highest BCUT2D eigenvalue weighted by molar-refractivity contribution is 6.10. The molecule has 2 rings (SSSR count). The number of benzene rings is 1. The summed E-state index contributed by atoms with van der Waals surface area (Å²) >= 11 is 0. The van der Waals surface area contributed by atoms with E-state index in [1.165, 1.54) is 12.8 Å². The smallest absolute Gasteiger partial charge is 0.253 e. The summed E-state index contributed by atoms with van der Waals surface area (Å²) in [6.45, 7) is 0. The molecule has 118 valence electrons. The summed E-state index contributed by atoms with van der Waals surface area (Å²) in [5.41, 5.74) is 3.27.